The molecule has 0 bridgehead atoms. The Bertz CT molecular complexity index is 678. The Hall–Kier alpha value is -1.46. The highest BCUT2D eigenvalue weighted by molar-refractivity contribution is 5.85. The second-order valence-electron chi connectivity index (χ2n) is 5.88. The van der Waals surface area contributed by atoms with Crippen LogP contribution in [0.1, 0.15) is 28.3 Å². The average Bonchev–Trinajstić information content (AvgIpc) is 2.56. The van der Waals surface area contributed by atoms with E-state index in [2.05, 4.69) is 54.0 Å². The maximum atomic E-state index is 5.50. The number of aryl methyl sites for hydroxylation is 1. The van der Waals surface area contributed by atoms with Crippen molar-refractivity contribution in [3.63, 3.8) is 0 Å². The van der Waals surface area contributed by atoms with E-state index in [0.29, 0.717) is 0 Å². The lowest BCUT2D eigenvalue weighted by molar-refractivity contribution is 0.353. The molecule has 25 heavy (non-hydrogen) atoms. The molecule has 2 aromatic rings. The SMILES string of the molecule is COc1cc2c(cc1OC)C(c1ccc(C)cc1)NCCNC2.Cl.Cl. The Morgan fingerprint density at radius 1 is 0.920 bits per heavy atom. The summed E-state index contributed by atoms with van der Waals surface area (Å²) in [5.41, 5.74) is 5.01. The molecule has 0 saturated carbocycles. The van der Waals surface area contributed by atoms with E-state index in [1.165, 1.54) is 22.3 Å². The second kappa shape index (κ2) is 9.88. The monoisotopic (exact) mass is 384 g/mol. The topological polar surface area (TPSA) is 42.5 Å². The molecule has 0 aromatic heterocycles. The number of ether oxygens (including phenoxy) is 2. The first-order valence-electron chi connectivity index (χ1n) is 7.98. The maximum absolute atomic E-state index is 5.50. The Kier molecular flexibility index (Phi) is 8.53. The molecule has 0 saturated heterocycles. The summed E-state index contributed by atoms with van der Waals surface area (Å²) in [6.45, 7) is 4.81. The third kappa shape index (κ3) is 4.79. The molecule has 0 spiro atoms. The number of hydrogen-bond acceptors (Lipinski definition) is 4. The van der Waals surface area contributed by atoms with E-state index in [0.717, 1.165) is 31.1 Å². The summed E-state index contributed by atoms with van der Waals surface area (Å²) in [5, 5.41) is 7.10. The summed E-state index contributed by atoms with van der Waals surface area (Å²) in [6.07, 6.45) is 0. The van der Waals surface area contributed by atoms with Crippen molar-refractivity contribution in [3.05, 3.63) is 58.7 Å². The van der Waals surface area contributed by atoms with Crippen LogP contribution in [0.3, 0.4) is 0 Å². The first kappa shape index (κ1) is 21.6. The van der Waals surface area contributed by atoms with Gasteiger partial charge in [0, 0.05) is 19.6 Å². The first-order valence-corrected chi connectivity index (χ1v) is 7.98. The van der Waals surface area contributed by atoms with Crippen molar-refractivity contribution >= 4 is 24.8 Å². The maximum Gasteiger partial charge on any atom is 0.161 e. The molecule has 0 amide bonds. The Morgan fingerprint density at radius 3 is 2.20 bits per heavy atom. The number of fused-ring (bicyclic) bond motifs is 1. The molecule has 1 unspecified atom stereocenters. The summed E-state index contributed by atoms with van der Waals surface area (Å²) >= 11 is 0. The zero-order valence-electron chi connectivity index (χ0n) is 14.8. The molecule has 0 radical (unpaired) electrons. The van der Waals surface area contributed by atoms with Crippen molar-refractivity contribution in [2.75, 3.05) is 27.3 Å². The molecular formula is C19H26Cl2N2O2. The van der Waals surface area contributed by atoms with Crippen LogP contribution in [-0.4, -0.2) is 27.3 Å². The zero-order chi connectivity index (χ0) is 16.2. The molecule has 2 aromatic carbocycles. The second-order valence-corrected chi connectivity index (χ2v) is 5.88. The van der Waals surface area contributed by atoms with Gasteiger partial charge in [0.1, 0.15) is 0 Å². The van der Waals surface area contributed by atoms with Crippen molar-refractivity contribution in [2.24, 2.45) is 0 Å². The molecule has 1 heterocycles. The highest BCUT2D eigenvalue weighted by Gasteiger charge is 2.21. The van der Waals surface area contributed by atoms with E-state index in [1.807, 2.05) is 0 Å². The molecule has 2 N–H and O–H groups in total. The lowest BCUT2D eigenvalue weighted by Crippen LogP contribution is -2.34. The lowest BCUT2D eigenvalue weighted by Gasteiger charge is -2.27. The van der Waals surface area contributed by atoms with Crippen LogP contribution in [0.25, 0.3) is 0 Å². The predicted molar refractivity (Wildman–Crippen MR) is 107 cm³/mol. The summed E-state index contributed by atoms with van der Waals surface area (Å²) < 4.78 is 11.0. The van der Waals surface area contributed by atoms with Crippen molar-refractivity contribution in [2.45, 2.75) is 19.5 Å². The van der Waals surface area contributed by atoms with E-state index >= 15 is 0 Å². The van der Waals surface area contributed by atoms with E-state index in [9.17, 15) is 0 Å². The molecule has 3 rings (SSSR count). The quantitative estimate of drug-likeness (QED) is 0.847. The molecule has 4 nitrogen and oxygen atoms in total. The minimum absolute atomic E-state index is 0. The Balaban J connectivity index is 0.00000156. The van der Waals surface area contributed by atoms with Gasteiger partial charge in [-0.25, -0.2) is 0 Å². The molecule has 1 atom stereocenters. The van der Waals surface area contributed by atoms with Gasteiger partial charge in [0.15, 0.2) is 11.5 Å². The van der Waals surface area contributed by atoms with Gasteiger partial charge in [-0.1, -0.05) is 29.8 Å². The van der Waals surface area contributed by atoms with Crippen LogP contribution in [0.2, 0.25) is 0 Å². The van der Waals surface area contributed by atoms with Gasteiger partial charge in [0.2, 0.25) is 0 Å². The largest absolute Gasteiger partial charge is 0.493 e. The van der Waals surface area contributed by atoms with E-state index in [1.54, 1.807) is 14.2 Å². The van der Waals surface area contributed by atoms with Gasteiger partial charge in [0.05, 0.1) is 20.3 Å². The van der Waals surface area contributed by atoms with E-state index in [4.69, 9.17) is 9.47 Å². The van der Waals surface area contributed by atoms with Crippen molar-refractivity contribution in [3.8, 4) is 11.5 Å². The van der Waals surface area contributed by atoms with Gasteiger partial charge in [-0.05, 0) is 35.7 Å². The van der Waals surface area contributed by atoms with Gasteiger partial charge in [-0.3, -0.25) is 0 Å². The number of hydrogen-bond donors (Lipinski definition) is 2. The minimum atomic E-state index is 0. The minimum Gasteiger partial charge on any atom is -0.493 e. The molecule has 0 fully saturated rings. The van der Waals surface area contributed by atoms with Crippen molar-refractivity contribution in [1.82, 2.24) is 10.6 Å². The molecule has 138 valence electrons. The van der Waals surface area contributed by atoms with Crippen molar-refractivity contribution in [1.29, 1.82) is 0 Å². The van der Waals surface area contributed by atoms with Crippen LogP contribution in [0.4, 0.5) is 0 Å². The van der Waals surface area contributed by atoms with Crippen LogP contribution < -0.4 is 20.1 Å². The molecule has 6 heteroatoms. The normalized spacial score (nSPS) is 16.4. The third-order valence-corrected chi connectivity index (χ3v) is 4.33. The number of nitrogens with one attached hydrogen (secondary N) is 2. The van der Waals surface area contributed by atoms with Crippen LogP contribution in [-0.2, 0) is 6.54 Å². The summed E-state index contributed by atoms with van der Waals surface area (Å²) in [6, 6.07) is 13.1. The highest BCUT2D eigenvalue weighted by Crippen LogP contribution is 2.35. The number of methoxy groups -OCH3 is 2. The van der Waals surface area contributed by atoms with Crippen LogP contribution in [0.15, 0.2) is 36.4 Å². The van der Waals surface area contributed by atoms with E-state index < -0.39 is 0 Å². The van der Waals surface area contributed by atoms with Gasteiger partial charge >= 0.3 is 0 Å². The summed E-state index contributed by atoms with van der Waals surface area (Å²) in [4.78, 5) is 0. The average molecular weight is 385 g/mol. The fraction of sp³-hybridized carbons (Fsp3) is 0.368. The Labute approximate surface area is 162 Å². The number of rotatable bonds is 3. The fourth-order valence-electron chi connectivity index (χ4n) is 3.05. The predicted octanol–water partition coefficient (Wildman–Crippen LogP) is 3.64. The number of benzene rings is 2. The van der Waals surface area contributed by atoms with Gasteiger partial charge in [-0.2, -0.15) is 0 Å². The molecule has 1 aliphatic rings. The third-order valence-electron chi connectivity index (χ3n) is 4.33. The lowest BCUT2D eigenvalue weighted by atomic mass is 9.92. The van der Waals surface area contributed by atoms with Crippen LogP contribution in [0, 0.1) is 6.92 Å². The highest BCUT2D eigenvalue weighted by atomic mass is 35.5. The molecule has 0 aliphatic carbocycles. The standard InChI is InChI=1S/C19H24N2O2.2ClH/c1-13-4-6-14(7-5-13)19-16-11-18(23-3)17(22-2)10-15(16)12-20-8-9-21-19;;/h4-7,10-11,19-21H,8-9,12H2,1-3H3;2*1H. The molecular weight excluding hydrogens is 359 g/mol. The summed E-state index contributed by atoms with van der Waals surface area (Å²) in [7, 11) is 3.36. The van der Waals surface area contributed by atoms with Crippen LogP contribution in [0.5, 0.6) is 11.5 Å². The fourth-order valence-corrected chi connectivity index (χ4v) is 3.05. The zero-order valence-corrected chi connectivity index (χ0v) is 16.4. The van der Waals surface area contributed by atoms with E-state index in [-0.39, 0.29) is 30.9 Å². The molecule has 1 aliphatic heterocycles. The van der Waals surface area contributed by atoms with Gasteiger partial charge in [0.25, 0.3) is 0 Å². The van der Waals surface area contributed by atoms with Crippen LogP contribution >= 0.6 is 24.8 Å². The Morgan fingerprint density at radius 2 is 1.56 bits per heavy atom. The van der Waals surface area contributed by atoms with Gasteiger partial charge < -0.3 is 20.1 Å². The number of halogens is 2. The first-order chi connectivity index (χ1) is 11.2. The van der Waals surface area contributed by atoms with Crippen molar-refractivity contribution < 1.29 is 9.47 Å². The summed E-state index contributed by atoms with van der Waals surface area (Å²) in [5.74, 6) is 1.54. The smallest absolute Gasteiger partial charge is 0.161 e. The van der Waals surface area contributed by atoms with Gasteiger partial charge in [-0.15, -0.1) is 24.8 Å².